The molecule has 1 aromatic rings. The van der Waals surface area contributed by atoms with Crippen molar-refractivity contribution in [3.8, 4) is 0 Å². The third-order valence-corrected chi connectivity index (χ3v) is 4.81. The van der Waals surface area contributed by atoms with E-state index in [0.29, 0.717) is 11.6 Å². The SMILES string of the molecule is CC1(C)CCC2CCN(Cc3ccccc3)CC2N1. The van der Waals surface area contributed by atoms with E-state index in [0.717, 1.165) is 12.5 Å². The maximum Gasteiger partial charge on any atom is 0.0234 e. The first-order chi connectivity index (χ1) is 9.12. The summed E-state index contributed by atoms with van der Waals surface area (Å²) >= 11 is 0. The van der Waals surface area contributed by atoms with Crippen LogP contribution in [0.3, 0.4) is 0 Å². The van der Waals surface area contributed by atoms with E-state index in [-0.39, 0.29) is 0 Å². The van der Waals surface area contributed by atoms with Gasteiger partial charge in [0.2, 0.25) is 0 Å². The summed E-state index contributed by atoms with van der Waals surface area (Å²) in [5.41, 5.74) is 1.77. The monoisotopic (exact) mass is 258 g/mol. The van der Waals surface area contributed by atoms with E-state index < -0.39 is 0 Å². The minimum absolute atomic E-state index is 0.330. The molecule has 2 aliphatic rings. The molecule has 0 aromatic heterocycles. The van der Waals surface area contributed by atoms with Crippen LogP contribution in [0.5, 0.6) is 0 Å². The predicted octanol–water partition coefficient (Wildman–Crippen LogP) is 3.04. The molecule has 2 fully saturated rings. The fourth-order valence-corrected chi connectivity index (χ4v) is 3.68. The van der Waals surface area contributed by atoms with Crippen molar-refractivity contribution in [1.29, 1.82) is 0 Å². The number of fused-ring (bicyclic) bond motifs is 1. The van der Waals surface area contributed by atoms with Gasteiger partial charge in [-0.05, 0) is 51.1 Å². The van der Waals surface area contributed by atoms with Gasteiger partial charge in [-0.25, -0.2) is 0 Å². The Labute approximate surface area is 117 Å². The molecule has 19 heavy (non-hydrogen) atoms. The van der Waals surface area contributed by atoms with Crippen molar-refractivity contribution in [2.24, 2.45) is 5.92 Å². The molecular formula is C17H26N2. The molecule has 0 spiro atoms. The van der Waals surface area contributed by atoms with Gasteiger partial charge in [0.05, 0.1) is 0 Å². The molecule has 0 bridgehead atoms. The average molecular weight is 258 g/mol. The lowest BCUT2D eigenvalue weighted by Gasteiger charge is -2.47. The first-order valence-electron chi connectivity index (χ1n) is 7.66. The summed E-state index contributed by atoms with van der Waals surface area (Å²) in [6.07, 6.45) is 4.09. The molecule has 104 valence electrons. The second kappa shape index (κ2) is 5.26. The molecule has 2 nitrogen and oxygen atoms in total. The molecule has 0 saturated carbocycles. The van der Waals surface area contributed by atoms with Gasteiger partial charge in [0, 0.05) is 24.7 Å². The molecule has 1 aromatic carbocycles. The lowest BCUT2D eigenvalue weighted by Crippen LogP contribution is -2.60. The van der Waals surface area contributed by atoms with Crippen molar-refractivity contribution in [3.63, 3.8) is 0 Å². The van der Waals surface area contributed by atoms with Crippen LogP contribution in [-0.2, 0) is 6.54 Å². The molecule has 1 N–H and O–H groups in total. The van der Waals surface area contributed by atoms with Crippen LogP contribution in [0.25, 0.3) is 0 Å². The highest BCUT2D eigenvalue weighted by molar-refractivity contribution is 5.14. The van der Waals surface area contributed by atoms with Gasteiger partial charge in [0.15, 0.2) is 0 Å². The average Bonchev–Trinajstić information content (AvgIpc) is 2.38. The highest BCUT2D eigenvalue weighted by Crippen LogP contribution is 2.32. The molecule has 2 heterocycles. The Morgan fingerprint density at radius 2 is 2.00 bits per heavy atom. The van der Waals surface area contributed by atoms with Crippen LogP contribution in [0, 0.1) is 5.92 Å². The fraction of sp³-hybridized carbons (Fsp3) is 0.647. The topological polar surface area (TPSA) is 15.3 Å². The number of rotatable bonds is 2. The lowest BCUT2D eigenvalue weighted by molar-refractivity contribution is 0.0743. The maximum atomic E-state index is 3.87. The minimum atomic E-state index is 0.330. The highest BCUT2D eigenvalue weighted by Gasteiger charge is 2.37. The van der Waals surface area contributed by atoms with Gasteiger partial charge >= 0.3 is 0 Å². The molecule has 0 radical (unpaired) electrons. The van der Waals surface area contributed by atoms with E-state index in [4.69, 9.17) is 0 Å². The van der Waals surface area contributed by atoms with E-state index in [2.05, 4.69) is 54.4 Å². The zero-order valence-electron chi connectivity index (χ0n) is 12.2. The summed E-state index contributed by atoms with van der Waals surface area (Å²) in [6.45, 7) is 8.27. The zero-order valence-corrected chi connectivity index (χ0v) is 12.2. The maximum absolute atomic E-state index is 3.87. The van der Waals surface area contributed by atoms with Crippen molar-refractivity contribution in [3.05, 3.63) is 35.9 Å². The number of nitrogens with one attached hydrogen (secondary N) is 1. The largest absolute Gasteiger partial charge is 0.307 e. The Bertz CT molecular complexity index is 413. The van der Waals surface area contributed by atoms with Gasteiger partial charge in [-0.1, -0.05) is 30.3 Å². The molecule has 2 heteroatoms. The van der Waals surface area contributed by atoms with E-state index in [1.54, 1.807) is 0 Å². The number of hydrogen-bond donors (Lipinski definition) is 1. The molecule has 3 rings (SSSR count). The molecule has 0 aliphatic carbocycles. The predicted molar refractivity (Wildman–Crippen MR) is 80.1 cm³/mol. The number of nitrogens with zero attached hydrogens (tertiary/aromatic N) is 1. The zero-order chi connectivity index (χ0) is 13.3. The Hall–Kier alpha value is -0.860. The quantitative estimate of drug-likeness (QED) is 0.877. The Morgan fingerprint density at radius 1 is 1.21 bits per heavy atom. The van der Waals surface area contributed by atoms with Gasteiger partial charge in [0.25, 0.3) is 0 Å². The summed E-state index contributed by atoms with van der Waals surface area (Å²) in [4.78, 5) is 2.62. The van der Waals surface area contributed by atoms with Crippen LogP contribution < -0.4 is 5.32 Å². The Kier molecular flexibility index (Phi) is 3.64. The number of hydrogen-bond acceptors (Lipinski definition) is 2. The van der Waals surface area contributed by atoms with Gasteiger partial charge in [-0.2, -0.15) is 0 Å². The summed E-state index contributed by atoms with van der Waals surface area (Å²) in [6, 6.07) is 11.6. The molecule has 0 amide bonds. The molecule has 2 atom stereocenters. The number of piperidine rings is 2. The second-order valence-electron chi connectivity index (χ2n) is 6.94. The number of benzene rings is 1. The fourth-order valence-electron chi connectivity index (χ4n) is 3.68. The van der Waals surface area contributed by atoms with E-state index in [9.17, 15) is 0 Å². The lowest BCUT2D eigenvalue weighted by atomic mass is 9.78. The van der Waals surface area contributed by atoms with E-state index >= 15 is 0 Å². The standard InChI is InChI=1S/C17H26N2/c1-17(2)10-8-15-9-11-19(13-16(15)18-17)12-14-6-4-3-5-7-14/h3-7,15-16,18H,8-13H2,1-2H3. The van der Waals surface area contributed by atoms with Crippen LogP contribution in [-0.4, -0.2) is 29.6 Å². The van der Waals surface area contributed by atoms with Gasteiger partial charge in [-0.15, -0.1) is 0 Å². The second-order valence-corrected chi connectivity index (χ2v) is 6.94. The summed E-state index contributed by atoms with van der Waals surface area (Å²) in [7, 11) is 0. The van der Waals surface area contributed by atoms with Gasteiger partial charge in [0.1, 0.15) is 0 Å². The van der Waals surface area contributed by atoms with Crippen molar-refractivity contribution >= 4 is 0 Å². The molecule has 2 saturated heterocycles. The summed E-state index contributed by atoms with van der Waals surface area (Å²) in [5, 5.41) is 3.87. The van der Waals surface area contributed by atoms with Crippen LogP contribution in [0.15, 0.2) is 30.3 Å². The third-order valence-electron chi connectivity index (χ3n) is 4.81. The summed E-state index contributed by atoms with van der Waals surface area (Å²) in [5.74, 6) is 0.903. The van der Waals surface area contributed by atoms with Crippen molar-refractivity contribution in [2.45, 2.75) is 51.2 Å². The van der Waals surface area contributed by atoms with Gasteiger partial charge in [-0.3, -0.25) is 4.90 Å². The van der Waals surface area contributed by atoms with Crippen molar-refractivity contribution in [2.75, 3.05) is 13.1 Å². The number of likely N-dealkylation sites (tertiary alicyclic amines) is 1. The summed E-state index contributed by atoms with van der Waals surface area (Å²) < 4.78 is 0. The first kappa shape index (κ1) is 13.1. The highest BCUT2D eigenvalue weighted by atomic mass is 15.2. The van der Waals surface area contributed by atoms with Crippen LogP contribution in [0.2, 0.25) is 0 Å². The Morgan fingerprint density at radius 3 is 2.79 bits per heavy atom. The van der Waals surface area contributed by atoms with E-state index in [1.807, 2.05) is 0 Å². The third kappa shape index (κ3) is 3.18. The van der Waals surface area contributed by atoms with Crippen LogP contribution in [0.1, 0.15) is 38.7 Å². The Balaban J connectivity index is 1.61. The minimum Gasteiger partial charge on any atom is -0.307 e. The van der Waals surface area contributed by atoms with Gasteiger partial charge < -0.3 is 5.32 Å². The molecular weight excluding hydrogens is 232 g/mol. The van der Waals surface area contributed by atoms with E-state index in [1.165, 1.54) is 37.9 Å². The molecule has 2 aliphatic heterocycles. The van der Waals surface area contributed by atoms with Crippen LogP contribution >= 0.6 is 0 Å². The normalized spacial score (nSPS) is 30.8. The van der Waals surface area contributed by atoms with Crippen molar-refractivity contribution in [1.82, 2.24) is 10.2 Å². The molecule has 2 unspecified atom stereocenters. The van der Waals surface area contributed by atoms with Crippen molar-refractivity contribution < 1.29 is 0 Å². The first-order valence-corrected chi connectivity index (χ1v) is 7.66. The smallest absolute Gasteiger partial charge is 0.0234 e. The van der Waals surface area contributed by atoms with Crippen LogP contribution in [0.4, 0.5) is 0 Å².